The Bertz CT molecular complexity index is 2240. The van der Waals surface area contributed by atoms with E-state index in [0.29, 0.717) is 57.3 Å². The zero-order valence-electron chi connectivity index (χ0n) is 32.0. The number of aromatic nitrogens is 2. The van der Waals surface area contributed by atoms with Crippen molar-refractivity contribution in [3.05, 3.63) is 93.4 Å². The van der Waals surface area contributed by atoms with E-state index in [4.69, 9.17) is 4.74 Å². The summed E-state index contributed by atoms with van der Waals surface area (Å²) in [5.41, 5.74) is 2.84. The van der Waals surface area contributed by atoms with Crippen LogP contribution < -0.4 is 20.9 Å². The second-order valence-electron chi connectivity index (χ2n) is 14.6. The molecule has 2 aromatic heterocycles. The number of aryl methyl sites for hydroxylation is 2. The van der Waals surface area contributed by atoms with Crippen LogP contribution in [0.3, 0.4) is 0 Å². The summed E-state index contributed by atoms with van der Waals surface area (Å²) in [7, 11) is 4.86. The van der Waals surface area contributed by atoms with Gasteiger partial charge in [-0.15, -0.1) is 0 Å². The van der Waals surface area contributed by atoms with E-state index in [1.165, 1.54) is 23.9 Å². The van der Waals surface area contributed by atoms with E-state index < -0.39 is 35.5 Å². The predicted octanol–water partition coefficient (Wildman–Crippen LogP) is 4.67. The Balaban J connectivity index is 0.888. The van der Waals surface area contributed by atoms with Gasteiger partial charge in [0.1, 0.15) is 17.6 Å². The van der Waals surface area contributed by atoms with Crippen molar-refractivity contribution in [2.45, 2.75) is 76.8 Å². The van der Waals surface area contributed by atoms with Crippen LogP contribution in [-0.4, -0.2) is 82.2 Å². The van der Waals surface area contributed by atoms with E-state index in [1.807, 2.05) is 6.07 Å². The fourth-order valence-electron chi connectivity index (χ4n) is 7.62. The molecule has 0 saturated carbocycles. The van der Waals surface area contributed by atoms with Crippen LogP contribution in [0.1, 0.15) is 89.6 Å². The maximum atomic E-state index is 15.6. The van der Waals surface area contributed by atoms with Crippen LogP contribution in [0.25, 0.3) is 21.9 Å². The van der Waals surface area contributed by atoms with E-state index in [1.54, 1.807) is 55.7 Å². The van der Waals surface area contributed by atoms with Gasteiger partial charge in [0, 0.05) is 56.3 Å². The predicted molar refractivity (Wildman–Crippen MR) is 207 cm³/mol. The number of halogens is 1. The van der Waals surface area contributed by atoms with Crippen LogP contribution in [0, 0.1) is 5.82 Å². The van der Waals surface area contributed by atoms with Crippen molar-refractivity contribution in [3.63, 3.8) is 0 Å². The molecule has 14 heteroatoms. The van der Waals surface area contributed by atoms with Crippen molar-refractivity contribution in [2.24, 2.45) is 7.05 Å². The van der Waals surface area contributed by atoms with Gasteiger partial charge in [0.25, 0.3) is 17.4 Å². The molecule has 1 unspecified atom stereocenters. The molecule has 1 fully saturated rings. The molecule has 13 nitrogen and oxygen atoms in total. The minimum absolute atomic E-state index is 0.0830. The lowest BCUT2D eigenvalue weighted by Crippen LogP contribution is -2.54. The number of carbonyl (C=O) groups is 5. The van der Waals surface area contributed by atoms with Gasteiger partial charge in [-0.25, -0.2) is 4.39 Å². The van der Waals surface area contributed by atoms with Crippen molar-refractivity contribution >= 4 is 40.3 Å². The molecule has 1 atom stereocenters. The summed E-state index contributed by atoms with van der Waals surface area (Å²) in [5, 5.41) is 6.28. The molecule has 2 aromatic carbocycles. The number of carbonyl (C=O) groups excluding carboxylic acids is 5. The monoisotopic (exact) mass is 766 g/mol. The summed E-state index contributed by atoms with van der Waals surface area (Å²) in [6.45, 7) is 0.786. The Labute approximate surface area is 324 Å². The van der Waals surface area contributed by atoms with Crippen molar-refractivity contribution in [2.75, 3.05) is 27.2 Å². The summed E-state index contributed by atoms with van der Waals surface area (Å²) in [4.78, 5) is 82.4. The molecule has 0 bridgehead atoms. The molecular weight excluding hydrogens is 719 g/mol. The van der Waals surface area contributed by atoms with Crippen LogP contribution in [0.4, 0.5) is 4.39 Å². The first-order valence-corrected chi connectivity index (χ1v) is 19.1. The number of unbranched alkanes of at least 4 members (excludes halogenated alkanes) is 6. The van der Waals surface area contributed by atoms with Crippen molar-refractivity contribution in [1.82, 2.24) is 30.0 Å². The summed E-state index contributed by atoms with van der Waals surface area (Å²) < 4.78 is 22.6. The number of ether oxygens (including phenoxy) is 1. The summed E-state index contributed by atoms with van der Waals surface area (Å²) in [5.74, 6) is -2.26. The molecule has 294 valence electrons. The van der Waals surface area contributed by atoms with E-state index in [2.05, 4.69) is 15.6 Å². The molecular formula is C42H47FN6O7. The van der Waals surface area contributed by atoms with E-state index in [9.17, 15) is 28.8 Å². The standard InChI is InChI=1S/C42H47FN6O7/c1-47(23-32-33(43)20-27(21-35(32)56-3)31-24-48(2)40(53)30-22-44-19-17-28(30)31)25-37(51)45-18-10-8-6-4-5-7-9-12-26-13-11-14-29-38(26)42(55)49(41(29)54)34-15-16-36(50)46-39(34)52/h11,13-14,17,19-22,24,34H,4-10,12,15-16,18,23,25H2,1-3H3,(H,45,51)(H,46,50,52). The molecule has 0 spiro atoms. The lowest BCUT2D eigenvalue weighted by atomic mass is 9.97. The number of pyridine rings is 2. The van der Waals surface area contributed by atoms with Gasteiger partial charge in [0.15, 0.2) is 0 Å². The highest BCUT2D eigenvalue weighted by Crippen LogP contribution is 2.34. The Morgan fingerprint density at radius 3 is 2.48 bits per heavy atom. The fraction of sp³-hybridized carbons (Fsp3) is 0.405. The highest BCUT2D eigenvalue weighted by atomic mass is 19.1. The zero-order chi connectivity index (χ0) is 39.9. The number of hydrogen-bond acceptors (Lipinski definition) is 9. The molecule has 2 aliphatic heterocycles. The van der Waals surface area contributed by atoms with Gasteiger partial charge in [-0.05, 0) is 73.5 Å². The van der Waals surface area contributed by atoms with Gasteiger partial charge in [0.2, 0.25) is 17.7 Å². The first-order valence-electron chi connectivity index (χ1n) is 19.1. The Morgan fingerprint density at radius 2 is 1.73 bits per heavy atom. The molecule has 56 heavy (non-hydrogen) atoms. The van der Waals surface area contributed by atoms with E-state index in [0.717, 1.165) is 55.4 Å². The topological polar surface area (TPSA) is 160 Å². The highest BCUT2D eigenvalue weighted by Gasteiger charge is 2.45. The van der Waals surface area contributed by atoms with Crippen LogP contribution in [0.15, 0.2) is 59.8 Å². The molecule has 1 saturated heterocycles. The third kappa shape index (κ3) is 8.70. The largest absolute Gasteiger partial charge is 0.496 e. The number of nitrogens with one attached hydrogen (secondary N) is 2. The Kier molecular flexibility index (Phi) is 12.7. The van der Waals surface area contributed by atoms with Gasteiger partial charge >= 0.3 is 0 Å². The maximum absolute atomic E-state index is 15.6. The van der Waals surface area contributed by atoms with Gasteiger partial charge in [0.05, 0.1) is 30.2 Å². The van der Waals surface area contributed by atoms with E-state index >= 15 is 4.39 Å². The lowest BCUT2D eigenvalue weighted by Gasteiger charge is -2.27. The van der Waals surface area contributed by atoms with Crippen molar-refractivity contribution in [3.8, 4) is 16.9 Å². The summed E-state index contributed by atoms with van der Waals surface area (Å²) >= 11 is 0. The number of fused-ring (bicyclic) bond motifs is 2. The lowest BCUT2D eigenvalue weighted by molar-refractivity contribution is -0.136. The Morgan fingerprint density at radius 1 is 0.982 bits per heavy atom. The van der Waals surface area contributed by atoms with Gasteiger partial charge in [-0.1, -0.05) is 44.2 Å². The highest BCUT2D eigenvalue weighted by molar-refractivity contribution is 6.24. The third-order valence-electron chi connectivity index (χ3n) is 10.5. The minimum Gasteiger partial charge on any atom is -0.496 e. The van der Waals surface area contributed by atoms with Crippen LogP contribution in [0.2, 0.25) is 0 Å². The molecule has 5 amide bonds. The van der Waals surface area contributed by atoms with Gasteiger partial charge in [-0.2, -0.15) is 0 Å². The molecule has 0 radical (unpaired) electrons. The molecule has 4 aromatic rings. The zero-order valence-corrected chi connectivity index (χ0v) is 32.0. The number of hydrogen-bond donors (Lipinski definition) is 2. The maximum Gasteiger partial charge on any atom is 0.262 e. The number of likely N-dealkylation sites (N-methyl/N-ethyl adjacent to an activating group) is 1. The average molecular weight is 767 g/mol. The Hall–Kier alpha value is -5.76. The number of benzene rings is 2. The SMILES string of the molecule is COc1cc(-c2cn(C)c(=O)c3cnccc23)cc(F)c1CN(C)CC(=O)NCCCCCCCCCc1cccc2c1C(=O)N(C1CCC(=O)NC1=O)C2=O. The second kappa shape index (κ2) is 17.8. The normalized spacial score (nSPS) is 15.4. The quantitative estimate of drug-likeness (QED) is 0.115. The molecule has 6 rings (SSSR count). The van der Waals surface area contributed by atoms with Crippen LogP contribution in [0.5, 0.6) is 5.75 Å². The molecule has 2 aliphatic rings. The van der Waals surface area contributed by atoms with Gasteiger partial charge in [-0.3, -0.25) is 48.9 Å². The fourth-order valence-corrected chi connectivity index (χ4v) is 7.62. The number of nitrogens with zero attached hydrogens (tertiary/aromatic N) is 4. The van der Waals surface area contributed by atoms with Crippen molar-refractivity contribution in [1.29, 1.82) is 0 Å². The smallest absolute Gasteiger partial charge is 0.262 e. The number of amides is 5. The van der Waals surface area contributed by atoms with E-state index in [-0.39, 0.29) is 37.4 Å². The second-order valence-corrected chi connectivity index (χ2v) is 14.6. The van der Waals surface area contributed by atoms with Crippen molar-refractivity contribution < 1.29 is 33.1 Å². The van der Waals surface area contributed by atoms with Gasteiger partial charge < -0.3 is 14.6 Å². The van der Waals surface area contributed by atoms with Crippen LogP contribution in [-0.2, 0) is 34.4 Å². The number of piperidine rings is 1. The molecule has 0 aliphatic carbocycles. The summed E-state index contributed by atoms with van der Waals surface area (Å²) in [6, 6.07) is 9.15. The number of methoxy groups -OCH3 is 1. The average Bonchev–Trinajstić information content (AvgIpc) is 3.43. The third-order valence-corrected chi connectivity index (χ3v) is 10.5. The number of imide groups is 2. The summed E-state index contributed by atoms with van der Waals surface area (Å²) in [6.07, 6.45) is 12.3. The first kappa shape index (κ1) is 39.9. The molecule has 2 N–H and O–H groups in total. The molecule has 4 heterocycles. The first-order chi connectivity index (χ1) is 27.0. The number of rotatable bonds is 17. The minimum atomic E-state index is -0.977. The van der Waals surface area contributed by atoms with Crippen LogP contribution >= 0.6 is 0 Å².